The first kappa shape index (κ1) is 11.2. The Morgan fingerprint density at radius 1 is 1.54 bits per heavy atom. The zero-order valence-electron chi connectivity index (χ0n) is 7.23. The molecule has 13 heavy (non-hydrogen) atoms. The van der Waals surface area contributed by atoms with Gasteiger partial charge in [-0.3, -0.25) is 4.79 Å². The number of hydrogen-bond acceptors (Lipinski definition) is 2. The fraction of sp³-hybridized carbons (Fsp3) is 0.375. The van der Waals surface area contributed by atoms with Gasteiger partial charge in [0.1, 0.15) is 0 Å². The van der Waals surface area contributed by atoms with E-state index in [1.807, 2.05) is 19.9 Å². The van der Waals surface area contributed by atoms with Crippen LogP contribution in [0.5, 0.6) is 0 Å². The number of carbonyl (C=O) groups is 1. The van der Waals surface area contributed by atoms with E-state index in [-0.39, 0.29) is 11.9 Å². The molecule has 1 amide bonds. The highest BCUT2D eigenvalue weighted by atomic mass is 79.9. The van der Waals surface area contributed by atoms with E-state index < -0.39 is 0 Å². The molecule has 1 heterocycles. The lowest BCUT2D eigenvalue weighted by atomic mass is 10.3. The molecule has 0 saturated carbocycles. The summed E-state index contributed by atoms with van der Waals surface area (Å²) >= 11 is 8.16. The molecule has 0 aliphatic heterocycles. The van der Waals surface area contributed by atoms with Crippen molar-refractivity contribution in [1.29, 1.82) is 0 Å². The molecule has 0 fully saturated rings. The normalized spacial score (nSPS) is 10.5. The van der Waals surface area contributed by atoms with Gasteiger partial charge in [0, 0.05) is 6.04 Å². The van der Waals surface area contributed by atoms with Crippen LogP contribution in [0.25, 0.3) is 0 Å². The van der Waals surface area contributed by atoms with Crippen molar-refractivity contribution in [2.45, 2.75) is 19.9 Å². The van der Waals surface area contributed by atoms with Crippen LogP contribution < -0.4 is 5.32 Å². The molecule has 2 nitrogen and oxygen atoms in total. The van der Waals surface area contributed by atoms with Crippen molar-refractivity contribution in [3.8, 4) is 0 Å². The summed E-state index contributed by atoms with van der Waals surface area (Å²) in [4.78, 5) is 11.5. The molecule has 0 atom stereocenters. The molecule has 1 aromatic rings. The smallest absolute Gasteiger partial charge is 0.253 e. The lowest BCUT2D eigenvalue weighted by Gasteiger charge is -2.06. The van der Waals surface area contributed by atoms with Crippen molar-refractivity contribution in [3.63, 3.8) is 0 Å². The van der Waals surface area contributed by atoms with Crippen LogP contribution in [0.15, 0.2) is 13.6 Å². The van der Waals surface area contributed by atoms with Gasteiger partial charge in [-0.15, -0.1) is 11.3 Å². The molecule has 0 saturated heterocycles. The summed E-state index contributed by atoms with van der Waals surface area (Å²) in [5, 5.41) is 2.83. The van der Waals surface area contributed by atoms with Crippen LogP contribution in [0.1, 0.15) is 24.2 Å². The number of rotatable bonds is 2. The maximum Gasteiger partial charge on any atom is 0.253 e. The first-order valence-electron chi connectivity index (χ1n) is 3.76. The summed E-state index contributed by atoms with van der Waals surface area (Å²) in [5.74, 6) is -0.0381. The highest BCUT2D eigenvalue weighted by Gasteiger charge is 2.13. The number of thiophene rings is 1. The van der Waals surface area contributed by atoms with Crippen LogP contribution in [0, 0.1) is 0 Å². The predicted molar refractivity (Wildman–Crippen MR) is 62.3 cm³/mol. The fourth-order valence-corrected chi connectivity index (χ4v) is 3.63. The molecule has 0 unspecified atom stereocenters. The van der Waals surface area contributed by atoms with Gasteiger partial charge in [0.05, 0.1) is 13.1 Å². The van der Waals surface area contributed by atoms with E-state index in [2.05, 4.69) is 37.2 Å². The van der Waals surface area contributed by atoms with Crippen LogP contribution in [-0.4, -0.2) is 11.9 Å². The maximum atomic E-state index is 11.5. The van der Waals surface area contributed by atoms with E-state index >= 15 is 0 Å². The van der Waals surface area contributed by atoms with Gasteiger partial charge >= 0.3 is 0 Å². The number of nitrogens with one attached hydrogen (secondary N) is 1. The van der Waals surface area contributed by atoms with E-state index in [4.69, 9.17) is 0 Å². The van der Waals surface area contributed by atoms with E-state index in [1.54, 1.807) is 0 Å². The number of halogens is 2. The summed E-state index contributed by atoms with van der Waals surface area (Å²) in [7, 11) is 0. The largest absolute Gasteiger partial charge is 0.350 e. The van der Waals surface area contributed by atoms with E-state index in [0.29, 0.717) is 5.56 Å². The molecule has 1 aromatic heterocycles. The number of hydrogen-bond donors (Lipinski definition) is 1. The second-order valence-corrected chi connectivity index (χ2v) is 6.62. The Balaban J connectivity index is 2.82. The Kier molecular flexibility index (Phi) is 3.94. The summed E-state index contributed by atoms with van der Waals surface area (Å²) in [5.41, 5.74) is 0.686. The molecule has 0 radical (unpaired) electrons. The maximum absolute atomic E-state index is 11.5. The van der Waals surface area contributed by atoms with Gasteiger partial charge in [0.15, 0.2) is 0 Å². The second kappa shape index (κ2) is 4.57. The summed E-state index contributed by atoms with van der Waals surface area (Å²) in [6.07, 6.45) is 0. The first-order chi connectivity index (χ1) is 6.00. The van der Waals surface area contributed by atoms with E-state index in [9.17, 15) is 4.79 Å². The van der Waals surface area contributed by atoms with Gasteiger partial charge in [0.25, 0.3) is 5.91 Å². The third kappa shape index (κ3) is 3.07. The van der Waals surface area contributed by atoms with Crippen LogP contribution in [-0.2, 0) is 0 Å². The molecule has 0 spiro atoms. The quantitative estimate of drug-likeness (QED) is 0.886. The molecule has 5 heteroatoms. The van der Waals surface area contributed by atoms with Crippen molar-refractivity contribution in [2.75, 3.05) is 0 Å². The van der Waals surface area contributed by atoms with Crippen molar-refractivity contribution < 1.29 is 4.79 Å². The minimum absolute atomic E-state index is 0.0381. The van der Waals surface area contributed by atoms with E-state index in [0.717, 1.165) is 7.57 Å². The average Bonchev–Trinajstić information content (AvgIpc) is 2.28. The SMILES string of the molecule is CC(C)NC(=O)c1cc(Br)sc1Br. The van der Waals surface area contributed by atoms with Gasteiger partial charge in [0.2, 0.25) is 0 Å². The summed E-state index contributed by atoms with van der Waals surface area (Å²) in [6.45, 7) is 3.88. The third-order valence-electron chi connectivity index (χ3n) is 1.32. The van der Waals surface area contributed by atoms with Crippen molar-refractivity contribution in [3.05, 3.63) is 19.2 Å². The molecule has 72 valence electrons. The van der Waals surface area contributed by atoms with Crippen LogP contribution >= 0.6 is 43.2 Å². The molecule has 1 rings (SSSR count). The summed E-state index contributed by atoms with van der Waals surface area (Å²) in [6, 6.07) is 1.98. The molecular weight excluding hydrogens is 318 g/mol. The Morgan fingerprint density at radius 2 is 2.15 bits per heavy atom. The summed E-state index contributed by atoms with van der Waals surface area (Å²) < 4.78 is 1.81. The van der Waals surface area contributed by atoms with Gasteiger partial charge in [-0.1, -0.05) is 0 Å². The van der Waals surface area contributed by atoms with E-state index in [1.165, 1.54) is 11.3 Å². The Labute approximate surface area is 98.0 Å². The standard InChI is InChI=1S/C8H9Br2NOS/c1-4(2)11-8(12)5-3-6(9)13-7(5)10/h3-4H,1-2H3,(H,11,12). The molecule has 1 N–H and O–H groups in total. The second-order valence-electron chi connectivity index (χ2n) is 2.87. The Bertz CT molecular complexity index is 322. The molecule has 0 aromatic carbocycles. The number of amides is 1. The monoisotopic (exact) mass is 325 g/mol. The minimum atomic E-state index is -0.0381. The highest BCUT2D eigenvalue weighted by molar-refractivity contribution is 9.12. The zero-order valence-corrected chi connectivity index (χ0v) is 11.2. The highest BCUT2D eigenvalue weighted by Crippen LogP contribution is 2.31. The lowest BCUT2D eigenvalue weighted by molar-refractivity contribution is 0.0943. The fourth-order valence-electron chi connectivity index (χ4n) is 0.835. The molecule has 0 aliphatic rings. The van der Waals surface area contributed by atoms with Crippen LogP contribution in [0.2, 0.25) is 0 Å². The zero-order chi connectivity index (χ0) is 10.0. The third-order valence-corrected chi connectivity index (χ3v) is 3.66. The van der Waals surface area contributed by atoms with Gasteiger partial charge in [-0.05, 0) is 51.8 Å². The lowest BCUT2D eigenvalue weighted by Crippen LogP contribution is -2.29. The molecule has 0 aliphatic carbocycles. The molecule has 0 bridgehead atoms. The first-order valence-corrected chi connectivity index (χ1v) is 6.16. The minimum Gasteiger partial charge on any atom is -0.350 e. The van der Waals surface area contributed by atoms with Crippen LogP contribution in [0.4, 0.5) is 0 Å². The predicted octanol–water partition coefficient (Wildman–Crippen LogP) is 3.41. The van der Waals surface area contributed by atoms with Gasteiger partial charge < -0.3 is 5.32 Å². The average molecular weight is 327 g/mol. The Morgan fingerprint density at radius 3 is 2.54 bits per heavy atom. The Hall–Kier alpha value is 0.130. The molecular formula is C8H9Br2NOS. The van der Waals surface area contributed by atoms with Gasteiger partial charge in [-0.25, -0.2) is 0 Å². The van der Waals surface area contributed by atoms with Gasteiger partial charge in [-0.2, -0.15) is 0 Å². The topological polar surface area (TPSA) is 29.1 Å². The number of carbonyl (C=O) groups excluding carboxylic acids is 1. The van der Waals surface area contributed by atoms with Crippen molar-refractivity contribution >= 4 is 49.1 Å². The van der Waals surface area contributed by atoms with Crippen molar-refractivity contribution in [1.82, 2.24) is 5.32 Å². The van der Waals surface area contributed by atoms with Crippen molar-refractivity contribution in [2.24, 2.45) is 0 Å². The van der Waals surface area contributed by atoms with Crippen LogP contribution in [0.3, 0.4) is 0 Å².